The highest BCUT2D eigenvalue weighted by atomic mass is 28.4. The molecule has 0 spiro atoms. The predicted octanol–water partition coefficient (Wildman–Crippen LogP) is 3.05. The highest BCUT2D eigenvalue weighted by Gasteiger charge is 2.37. The van der Waals surface area contributed by atoms with Crippen LogP contribution in [-0.2, 0) is 31.3 Å². The van der Waals surface area contributed by atoms with E-state index < -0.39 is 29.8 Å². The van der Waals surface area contributed by atoms with E-state index in [1.165, 1.54) is 0 Å². The second-order valence-corrected chi connectivity index (χ2v) is 17.7. The van der Waals surface area contributed by atoms with Crippen molar-refractivity contribution >= 4 is 17.6 Å². The van der Waals surface area contributed by atoms with Gasteiger partial charge in [-0.3, -0.25) is 0 Å². The van der Waals surface area contributed by atoms with E-state index in [0.29, 0.717) is 68.7 Å². The molecule has 0 saturated heterocycles. The summed E-state index contributed by atoms with van der Waals surface area (Å²) in [6.07, 6.45) is 4.53. The third-order valence-electron chi connectivity index (χ3n) is 7.69. The molecule has 0 bridgehead atoms. The first kappa shape index (κ1) is 41.0. The van der Waals surface area contributed by atoms with Crippen molar-refractivity contribution in [2.24, 2.45) is 11.8 Å². The molecule has 4 N–H and O–H groups in total. The van der Waals surface area contributed by atoms with Gasteiger partial charge in [0.1, 0.15) is 0 Å². The summed E-state index contributed by atoms with van der Waals surface area (Å²) in [6, 6.07) is 2.02. The van der Waals surface area contributed by atoms with Crippen molar-refractivity contribution in [3.63, 3.8) is 0 Å². The third kappa shape index (κ3) is 18.4. The molecule has 0 aliphatic carbocycles. The maximum absolute atomic E-state index is 10.4. The smallest absolute Gasteiger partial charge is 0.392 e. The first-order valence-corrected chi connectivity index (χ1v) is 19.0. The molecule has 0 aromatic rings. The maximum Gasteiger partial charge on any atom is 0.500 e. The monoisotopic (exact) mass is 628 g/mol. The van der Waals surface area contributed by atoms with Gasteiger partial charge in [0.05, 0.1) is 18.8 Å². The molecule has 0 aromatic heterocycles. The third-order valence-corrected chi connectivity index (χ3v) is 13.4. The summed E-state index contributed by atoms with van der Waals surface area (Å²) in [6.45, 7) is 10.9. The number of hydrogen-bond acceptors (Lipinski definition) is 11. The second kappa shape index (κ2) is 23.4. The van der Waals surface area contributed by atoms with Gasteiger partial charge in [-0.2, -0.15) is 0 Å². The van der Waals surface area contributed by atoms with Gasteiger partial charge in [-0.1, -0.05) is 13.8 Å². The fourth-order valence-corrected chi connectivity index (χ4v) is 8.80. The van der Waals surface area contributed by atoms with Crippen LogP contribution in [0.3, 0.4) is 0 Å². The Morgan fingerprint density at radius 1 is 0.585 bits per heavy atom. The summed E-state index contributed by atoms with van der Waals surface area (Å²) in [5.74, 6) is 1.14. The molecule has 0 heterocycles. The largest absolute Gasteiger partial charge is 0.500 e. The molecule has 0 aliphatic heterocycles. The Hall–Kier alpha value is -0.00623. The Balaban J connectivity index is 4.08. The number of nitrogens with one attached hydrogen (secondary N) is 2. The van der Waals surface area contributed by atoms with E-state index in [1.807, 2.05) is 0 Å². The van der Waals surface area contributed by atoms with Crippen LogP contribution in [0.1, 0.15) is 66.2 Å². The molecule has 0 saturated carbocycles. The summed E-state index contributed by atoms with van der Waals surface area (Å²) in [5, 5.41) is 27.6. The average molecular weight is 629 g/mol. The number of aliphatic hydroxyl groups excluding tert-OH is 2. The van der Waals surface area contributed by atoms with Crippen molar-refractivity contribution in [1.29, 1.82) is 0 Å². The van der Waals surface area contributed by atoms with E-state index in [4.69, 9.17) is 31.3 Å². The van der Waals surface area contributed by atoms with Crippen LogP contribution in [0.25, 0.3) is 0 Å². The lowest BCUT2D eigenvalue weighted by Gasteiger charge is -2.26. The minimum atomic E-state index is -2.57. The zero-order valence-electron chi connectivity index (χ0n) is 27.7. The normalized spacial score (nSPS) is 17.3. The topological polar surface area (TPSA) is 129 Å². The molecule has 6 unspecified atom stereocenters. The quantitative estimate of drug-likeness (QED) is 0.0754. The first-order chi connectivity index (χ1) is 19.4. The maximum atomic E-state index is 10.4. The highest BCUT2D eigenvalue weighted by Crippen LogP contribution is 2.21. The van der Waals surface area contributed by atoms with Crippen LogP contribution in [0.15, 0.2) is 0 Å². The SMILES string of the molecule is CO[Si](CCCOCC(O)CNC(C)CC(C)CC(C)CC(C)NCC(O)CCC[Si](OC)(OC)OC)(OC)OC. The molecule has 0 fully saturated rings. The Morgan fingerprint density at radius 3 is 1.44 bits per heavy atom. The highest BCUT2D eigenvalue weighted by molar-refractivity contribution is 6.60. The molecule has 11 nitrogen and oxygen atoms in total. The van der Waals surface area contributed by atoms with Crippen LogP contribution in [0.2, 0.25) is 12.1 Å². The van der Waals surface area contributed by atoms with Crippen molar-refractivity contribution in [1.82, 2.24) is 10.6 Å². The lowest BCUT2D eigenvalue weighted by Crippen LogP contribution is -2.43. The van der Waals surface area contributed by atoms with Crippen LogP contribution in [0.5, 0.6) is 0 Å². The van der Waals surface area contributed by atoms with E-state index in [-0.39, 0.29) is 0 Å². The molecular weight excluding hydrogens is 564 g/mol. The molecule has 0 aromatic carbocycles. The van der Waals surface area contributed by atoms with Crippen LogP contribution in [0, 0.1) is 11.8 Å². The fourth-order valence-electron chi connectivity index (χ4n) is 5.37. The molecule has 0 amide bonds. The van der Waals surface area contributed by atoms with Gasteiger partial charge in [0.15, 0.2) is 0 Å². The fraction of sp³-hybridized carbons (Fsp3) is 1.00. The van der Waals surface area contributed by atoms with Crippen molar-refractivity contribution in [3.8, 4) is 0 Å². The van der Waals surface area contributed by atoms with Gasteiger partial charge in [0.2, 0.25) is 0 Å². The lowest BCUT2D eigenvalue weighted by molar-refractivity contribution is 0.0338. The summed E-state index contributed by atoms with van der Waals surface area (Å²) < 4.78 is 38.2. The van der Waals surface area contributed by atoms with Gasteiger partial charge in [0.25, 0.3) is 0 Å². The van der Waals surface area contributed by atoms with Gasteiger partial charge in [-0.15, -0.1) is 0 Å². The first-order valence-electron chi connectivity index (χ1n) is 15.2. The summed E-state index contributed by atoms with van der Waals surface area (Å²) in [5.41, 5.74) is 0. The molecule has 0 rings (SSSR count). The van der Waals surface area contributed by atoms with Gasteiger partial charge in [-0.25, -0.2) is 0 Å². The lowest BCUT2D eigenvalue weighted by atomic mass is 9.88. The van der Waals surface area contributed by atoms with E-state index >= 15 is 0 Å². The van der Waals surface area contributed by atoms with E-state index in [2.05, 4.69) is 38.3 Å². The molecule has 41 heavy (non-hydrogen) atoms. The number of ether oxygens (including phenoxy) is 1. The molecular formula is C28H64N2O9Si2. The van der Waals surface area contributed by atoms with Crippen LogP contribution in [-0.4, -0.2) is 121 Å². The van der Waals surface area contributed by atoms with Crippen LogP contribution in [0.4, 0.5) is 0 Å². The number of hydrogen-bond donors (Lipinski definition) is 4. The van der Waals surface area contributed by atoms with Crippen LogP contribution >= 0.6 is 0 Å². The number of aliphatic hydroxyl groups is 2. The molecule has 6 atom stereocenters. The summed E-state index contributed by atoms with van der Waals surface area (Å²) in [7, 11) is 4.53. The molecule has 0 radical (unpaired) electrons. The molecule has 0 aliphatic rings. The van der Waals surface area contributed by atoms with Crippen molar-refractivity contribution in [2.75, 3.05) is 69.0 Å². The standard InChI is InChI=1S/C28H64N2O9Si2/c1-23(18-25(3)29-20-27(31)13-11-15-40(33-5,34-6)35-7)17-24(2)19-26(4)30-21-28(32)22-39-14-12-16-41(36-8,37-9)38-10/h23-32H,11-22H2,1-10H3. The van der Waals surface area contributed by atoms with Gasteiger partial charge >= 0.3 is 17.6 Å². The zero-order valence-corrected chi connectivity index (χ0v) is 29.7. The van der Waals surface area contributed by atoms with Crippen molar-refractivity contribution in [3.05, 3.63) is 0 Å². The van der Waals surface area contributed by atoms with Gasteiger partial charge in [0, 0.05) is 86.5 Å². The zero-order chi connectivity index (χ0) is 31.3. The van der Waals surface area contributed by atoms with Crippen molar-refractivity contribution < 1.29 is 41.5 Å². The summed E-state index contributed by atoms with van der Waals surface area (Å²) in [4.78, 5) is 0. The predicted molar refractivity (Wildman–Crippen MR) is 167 cm³/mol. The molecule has 13 heteroatoms. The molecule has 248 valence electrons. The Kier molecular flexibility index (Phi) is 23.4. The van der Waals surface area contributed by atoms with Crippen LogP contribution < -0.4 is 10.6 Å². The second-order valence-electron chi connectivity index (χ2n) is 11.5. The van der Waals surface area contributed by atoms with E-state index in [1.54, 1.807) is 42.7 Å². The minimum Gasteiger partial charge on any atom is -0.392 e. The minimum absolute atomic E-state index is 0.295. The van der Waals surface area contributed by atoms with E-state index in [9.17, 15) is 10.2 Å². The van der Waals surface area contributed by atoms with Gasteiger partial charge < -0.3 is 52.1 Å². The van der Waals surface area contributed by atoms with E-state index in [0.717, 1.165) is 32.1 Å². The number of rotatable bonds is 28. The Bertz CT molecular complexity index is 603. The van der Waals surface area contributed by atoms with Crippen molar-refractivity contribution in [2.45, 2.75) is 103 Å². The summed E-state index contributed by atoms with van der Waals surface area (Å²) >= 11 is 0. The Morgan fingerprint density at radius 2 is 1.00 bits per heavy atom. The Labute approximate surface area is 253 Å². The average Bonchev–Trinajstić information content (AvgIpc) is 2.95. The van der Waals surface area contributed by atoms with Gasteiger partial charge in [-0.05, 0) is 64.2 Å².